The van der Waals surface area contributed by atoms with Crippen molar-refractivity contribution in [2.24, 2.45) is 0 Å². The summed E-state index contributed by atoms with van der Waals surface area (Å²) in [7, 11) is 0. The van der Waals surface area contributed by atoms with Gasteiger partial charge in [-0.2, -0.15) is 0 Å². The van der Waals surface area contributed by atoms with Crippen LogP contribution in [0.1, 0.15) is 25.0 Å². The van der Waals surface area contributed by atoms with Gasteiger partial charge in [-0.3, -0.25) is 0 Å². The number of aliphatic hydroxyl groups is 1. The number of hydrogen-bond donors (Lipinski definition) is 2. The highest BCUT2D eigenvalue weighted by Gasteiger charge is 2.29. The summed E-state index contributed by atoms with van der Waals surface area (Å²) in [5.41, 5.74) is 1.73. The van der Waals surface area contributed by atoms with Crippen molar-refractivity contribution in [2.45, 2.75) is 31.8 Å². The molecule has 0 spiro atoms. The van der Waals surface area contributed by atoms with Crippen LogP contribution in [0.15, 0.2) is 54.6 Å². The molecule has 0 aliphatic carbocycles. The summed E-state index contributed by atoms with van der Waals surface area (Å²) in [6.45, 7) is 4.07. The molecular weight excluding hydrogens is 236 g/mol. The molecule has 0 radical (unpaired) electrons. The second kappa shape index (κ2) is 5.45. The molecule has 2 nitrogen and oxygen atoms in total. The van der Waals surface area contributed by atoms with E-state index < -0.39 is 6.10 Å². The maximum Gasteiger partial charge on any atom is 0.115 e. The van der Waals surface area contributed by atoms with Gasteiger partial charge >= 0.3 is 0 Å². The molecule has 0 amide bonds. The fourth-order valence-electron chi connectivity index (χ4n) is 2.22. The quantitative estimate of drug-likeness (QED) is 0.881. The van der Waals surface area contributed by atoms with Crippen LogP contribution in [0.5, 0.6) is 5.75 Å². The van der Waals surface area contributed by atoms with Crippen LogP contribution in [0, 0.1) is 0 Å². The van der Waals surface area contributed by atoms with Gasteiger partial charge in [-0.15, -0.1) is 0 Å². The lowest BCUT2D eigenvalue weighted by atomic mass is 9.77. The Bertz CT molecular complexity index is 532. The van der Waals surface area contributed by atoms with E-state index in [0.29, 0.717) is 6.42 Å². The Labute approximate surface area is 114 Å². The first kappa shape index (κ1) is 13.6. The maximum atomic E-state index is 10.5. The molecule has 19 heavy (non-hydrogen) atoms. The number of aliphatic hydroxyl groups excluding tert-OH is 1. The van der Waals surface area contributed by atoms with Crippen LogP contribution < -0.4 is 0 Å². The van der Waals surface area contributed by atoms with Gasteiger partial charge < -0.3 is 10.2 Å². The molecule has 0 bridgehead atoms. The van der Waals surface area contributed by atoms with Crippen LogP contribution in [-0.4, -0.2) is 16.3 Å². The standard InChI is InChI=1S/C17H20O2/c1-17(2,14-8-4-3-5-9-14)16(19)12-13-7-6-10-15(18)11-13/h3-11,16,18-19H,12H2,1-2H3. The summed E-state index contributed by atoms with van der Waals surface area (Å²) in [6, 6.07) is 17.1. The Hall–Kier alpha value is -1.80. The van der Waals surface area contributed by atoms with Gasteiger partial charge in [0.1, 0.15) is 5.75 Å². The molecule has 0 aromatic heterocycles. The van der Waals surface area contributed by atoms with Crippen LogP contribution in [-0.2, 0) is 11.8 Å². The number of phenolic OH excluding ortho intramolecular Hbond substituents is 1. The monoisotopic (exact) mass is 256 g/mol. The van der Waals surface area contributed by atoms with Crippen molar-refractivity contribution >= 4 is 0 Å². The lowest BCUT2D eigenvalue weighted by Gasteiger charge is -2.31. The van der Waals surface area contributed by atoms with Crippen molar-refractivity contribution in [3.63, 3.8) is 0 Å². The first-order valence-electron chi connectivity index (χ1n) is 6.51. The lowest BCUT2D eigenvalue weighted by molar-refractivity contribution is 0.0999. The summed E-state index contributed by atoms with van der Waals surface area (Å²) < 4.78 is 0. The molecule has 1 unspecified atom stereocenters. The van der Waals surface area contributed by atoms with E-state index in [4.69, 9.17) is 0 Å². The molecule has 0 fully saturated rings. The Morgan fingerprint density at radius 1 is 1.00 bits per heavy atom. The van der Waals surface area contributed by atoms with Crippen molar-refractivity contribution in [3.05, 3.63) is 65.7 Å². The zero-order chi connectivity index (χ0) is 13.9. The van der Waals surface area contributed by atoms with Crippen molar-refractivity contribution in [3.8, 4) is 5.75 Å². The Morgan fingerprint density at radius 2 is 1.68 bits per heavy atom. The minimum absolute atomic E-state index is 0.238. The molecule has 2 aromatic rings. The van der Waals surface area contributed by atoms with Gasteiger partial charge in [0.15, 0.2) is 0 Å². The molecule has 2 N–H and O–H groups in total. The van der Waals surface area contributed by atoms with E-state index in [1.807, 2.05) is 50.2 Å². The average Bonchev–Trinajstić information content (AvgIpc) is 2.39. The normalized spacial score (nSPS) is 13.2. The molecule has 2 rings (SSSR count). The third-order valence-corrected chi connectivity index (χ3v) is 3.69. The van der Waals surface area contributed by atoms with Gasteiger partial charge in [0.05, 0.1) is 6.10 Å². The van der Waals surface area contributed by atoms with E-state index in [0.717, 1.165) is 11.1 Å². The molecule has 0 aliphatic heterocycles. The first-order chi connectivity index (χ1) is 9.00. The van der Waals surface area contributed by atoms with Crippen molar-refractivity contribution in [1.29, 1.82) is 0 Å². The van der Waals surface area contributed by atoms with Gasteiger partial charge in [-0.05, 0) is 29.7 Å². The van der Waals surface area contributed by atoms with E-state index in [2.05, 4.69) is 0 Å². The second-order valence-corrected chi connectivity index (χ2v) is 5.48. The molecule has 0 heterocycles. The molecule has 2 heteroatoms. The highest BCUT2D eigenvalue weighted by molar-refractivity contribution is 5.30. The third-order valence-electron chi connectivity index (χ3n) is 3.69. The van der Waals surface area contributed by atoms with E-state index >= 15 is 0 Å². The topological polar surface area (TPSA) is 40.5 Å². The van der Waals surface area contributed by atoms with Crippen LogP contribution in [0.3, 0.4) is 0 Å². The number of hydrogen-bond acceptors (Lipinski definition) is 2. The predicted octanol–water partition coefficient (Wildman–Crippen LogP) is 3.27. The van der Waals surface area contributed by atoms with Crippen LogP contribution in [0.2, 0.25) is 0 Å². The van der Waals surface area contributed by atoms with E-state index in [1.54, 1.807) is 18.2 Å². The minimum atomic E-state index is -0.503. The fraction of sp³-hybridized carbons (Fsp3) is 0.294. The van der Waals surface area contributed by atoms with Gasteiger partial charge in [-0.25, -0.2) is 0 Å². The molecule has 2 aromatic carbocycles. The number of phenols is 1. The van der Waals surface area contributed by atoms with Crippen molar-refractivity contribution < 1.29 is 10.2 Å². The zero-order valence-corrected chi connectivity index (χ0v) is 11.4. The third kappa shape index (κ3) is 3.15. The smallest absolute Gasteiger partial charge is 0.115 e. The molecule has 100 valence electrons. The minimum Gasteiger partial charge on any atom is -0.508 e. The number of benzene rings is 2. The summed E-state index contributed by atoms with van der Waals surface area (Å²) in [5.74, 6) is 0.238. The Balaban J connectivity index is 2.17. The Kier molecular flexibility index (Phi) is 3.91. The second-order valence-electron chi connectivity index (χ2n) is 5.48. The predicted molar refractivity (Wildman–Crippen MR) is 77.3 cm³/mol. The van der Waals surface area contributed by atoms with E-state index in [-0.39, 0.29) is 11.2 Å². The molecule has 0 saturated heterocycles. The zero-order valence-electron chi connectivity index (χ0n) is 11.4. The van der Waals surface area contributed by atoms with Gasteiger partial charge in [0, 0.05) is 5.41 Å². The summed E-state index contributed by atoms with van der Waals surface area (Å²) >= 11 is 0. The SMILES string of the molecule is CC(C)(c1ccccc1)C(O)Cc1cccc(O)c1. The largest absolute Gasteiger partial charge is 0.508 e. The number of aromatic hydroxyl groups is 1. The van der Waals surface area contributed by atoms with Crippen LogP contribution in [0.25, 0.3) is 0 Å². The lowest BCUT2D eigenvalue weighted by Crippen LogP contribution is -2.35. The Morgan fingerprint density at radius 3 is 2.32 bits per heavy atom. The fourth-order valence-corrected chi connectivity index (χ4v) is 2.22. The first-order valence-corrected chi connectivity index (χ1v) is 6.51. The molecule has 0 aliphatic rings. The average molecular weight is 256 g/mol. The molecule has 1 atom stereocenters. The summed E-state index contributed by atoms with van der Waals surface area (Å²) in [6.07, 6.45) is 0.0210. The van der Waals surface area contributed by atoms with Gasteiger partial charge in [0.25, 0.3) is 0 Å². The molecular formula is C17H20O2. The van der Waals surface area contributed by atoms with Crippen LogP contribution >= 0.6 is 0 Å². The van der Waals surface area contributed by atoms with Gasteiger partial charge in [0.2, 0.25) is 0 Å². The number of rotatable bonds is 4. The maximum absolute atomic E-state index is 10.5. The van der Waals surface area contributed by atoms with Crippen molar-refractivity contribution in [1.82, 2.24) is 0 Å². The van der Waals surface area contributed by atoms with Crippen molar-refractivity contribution in [2.75, 3.05) is 0 Å². The summed E-state index contributed by atoms with van der Waals surface area (Å²) in [5, 5.41) is 20.0. The van der Waals surface area contributed by atoms with Crippen LogP contribution in [0.4, 0.5) is 0 Å². The highest BCUT2D eigenvalue weighted by atomic mass is 16.3. The van der Waals surface area contributed by atoms with E-state index in [1.165, 1.54) is 0 Å². The van der Waals surface area contributed by atoms with E-state index in [9.17, 15) is 10.2 Å². The summed E-state index contributed by atoms with van der Waals surface area (Å²) in [4.78, 5) is 0. The highest BCUT2D eigenvalue weighted by Crippen LogP contribution is 2.29. The molecule has 0 saturated carbocycles. The van der Waals surface area contributed by atoms with Gasteiger partial charge in [-0.1, -0.05) is 56.3 Å².